The number of aliphatic hydroxyl groups excluding tert-OH is 3. The molecule has 0 spiro atoms. The number of hydrazone groups is 1. The lowest BCUT2D eigenvalue weighted by molar-refractivity contribution is -0.0508. The molecule has 1 saturated heterocycles. The van der Waals surface area contributed by atoms with Crippen molar-refractivity contribution >= 4 is 22.7 Å². The van der Waals surface area contributed by atoms with Crippen molar-refractivity contribution in [1.29, 1.82) is 0 Å². The molecule has 10 nitrogen and oxygen atoms in total. The monoisotopic (exact) mass is 320 g/mol. The second-order valence-corrected chi connectivity index (χ2v) is 5.58. The van der Waals surface area contributed by atoms with Crippen molar-refractivity contribution in [3.63, 3.8) is 0 Å². The number of aromatic nitrogens is 3. The molecule has 2 aromatic rings. The van der Waals surface area contributed by atoms with Crippen LogP contribution >= 0.6 is 0 Å². The maximum absolute atomic E-state index is 10.2. The molecule has 122 valence electrons. The molecule has 0 amide bonds. The number of ether oxygens (including phenoxy) is 1. The van der Waals surface area contributed by atoms with Crippen LogP contribution in [-0.2, 0) is 4.74 Å². The first-order valence-electron chi connectivity index (χ1n) is 7.09. The van der Waals surface area contributed by atoms with Crippen LogP contribution in [0.1, 0.15) is 11.8 Å². The zero-order valence-electron chi connectivity index (χ0n) is 12.2. The van der Waals surface area contributed by atoms with Crippen molar-refractivity contribution < 1.29 is 20.1 Å². The minimum Gasteiger partial charge on any atom is -0.394 e. The molecule has 2 aromatic heterocycles. The van der Waals surface area contributed by atoms with Gasteiger partial charge in [0.25, 0.3) is 0 Å². The van der Waals surface area contributed by atoms with E-state index in [2.05, 4.69) is 15.1 Å². The van der Waals surface area contributed by atoms with E-state index in [1.165, 1.54) is 6.33 Å². The highest BCUT2D eigenvalue weighted by Crippen LogP contribution is 2.36. The Morgan fingerprint density at radius 3 is 2.78 bits per heavy atom. The maximum atomic E-state index is 10.2. The lowest BCUT2D eigenvalue weighted by Crippen LogP contribution is -2.33. The minimum absolute atomic E-state index is 0.297. The molecule has 10 heteroatoms. The second kappa shape index (κ2) is 4.86. The minimum atomic E-state index is -1.20. The number of hydrogen-bond donors (Lipinski definition) is 4. The SMILES string of the molecule is CN1N=C(N)c2cn([C@@H]3O[C@H](CO)C(O)[C@H]3O)c3ncnc1c23. The molecule has 5 N–H and O–H groups in total. The molecule has 0 saturated carbocycles. The van der Waals surface area contributed by atoms with E-state index in [4.69, 9.17) is 10.5 Å². The number of hydrogen-bond acceptors (Lipinski definition) is 9. The van der Waals surface area contributed by atoms with E-state index in [0.29, 0.717) is 28.3 Å². The van der Waals surface area contributed by atoms with E-state index in [1.807, 2.05) is 0 Å². The van der Waals surface area contributed by atoms with Gasteiger partial charge in [-0.3, -0.25) is 0 Å². The molecule has 0 radical (unpaired) electrons. The van der Waals surface area contributed by atoms with Crippen LogP contribution in [0.2, 0.25) is 0 Å². The van der Waals surface area contributed by atoms with Gasteiger partial charge in [-0.15, -0.1) is 0 Å². The predicted molar refractivity (Wildman–Crippen MR) is 79.7 cm³/mol. The fourth-order valence-corrected chi connectivity index (χ4v) is 3.07. The van der Waals surface area contributed by atoms with Crippen molar-refractivity contribution in [3.05, 3.63) is 18.1 Å². The van der Waals surface area contributed by atoms with Crippen LogP contribution < -0.4 is 10.7 Å². The topological polar surface area (TPSA) is 142 Å². The molecule has 1 unspecified atom stereocenters. The smallest absolute Gasteiger partial charge is 0.164 e. The third-order valence-corrected chi connectivity index (χ3v) is 4.22. The van der Waals surface area contributed by atoms with Gasteiger partial charge in [-0.2, -0.15) is 5.10 Å². The maximum Gasteiger partial charge on any atom is 0.164 e. The number of rotatable bonds is 2. The number of nitrogens with two attached hydrogens (primary N) is 1. The van der Waals surface area contributed by atoms with E-state index >= 15 is 0 Å². The van der Waals surface area contributed by atoms with Gasteiger partial charge in [0, 0.05) is 18.8 Å². The first-order chi connectivity index (χ1) is 11.0. The lowest BCUT2D eigenvalue weighted by Gasteiger charge is -2.19. The summed E-state index contributed by atoms with van der Waals surface area (Å²) in [6.45, 7) is -0.395. The first kappa shape index (κ1) is 14.3. The molecule has 0 aromatic carbocycles. The van der Waals surface area contributed by atoms with Crippen LogP contribution in [0, 0.1) is 0 Å². The van der Waals surface area contributed by atoms with Gasteiger partial charge in [-0.25, -0.2) is 15.0 Å². The van der Waals surface area contributed by atoms with Gasteiger partial charge >= 0.3 is 0 Å². The van der Waals surface area contributed by atoms with Crippen LogP contribution in [0.4, 0.5) is 5.82 Å². The summed E-state index contributed by atoms with van der Waals surface area (Å²) < 4.78 is 7.15. The number of amidine groups is 1. The van der Waals surface area contributed by atoms with Crippen molar-refractivity contribution in [2.75, 3.05) is 18.7 Å². The normalized spacial score (nSPS) is 30.1. The summed E-state index contributed by atoms with van der Waals surface area (Å²) in [5.41, 5.74) is 7.10. The Morgan fingerprint density at radius 2 is 2.09 bits per heavy atom. The van der Waals surface area contributed by atoms with Gasteiger partial charge in [-0.1, -0.05) is 0 Å². The van der Waals surface area contributed by atoms with Gasteiger partial charge in [-0.05, 0) is 0 Å². The van der Waals surface area contributed by atoms with Gasteiger partial charge in [0.05, 0.1) is 12.0 Å². The number of aliphatic hydroxyl groups is 3. The largest absolute Gasteiger partial charge is 0.394 e. The van der Waals surface area contributed by atoms with Gasteiger partial charge in [0.1, 0.15) is 30.3 Å². The van der Waals surface area contributed by atoms with E-state index < -0.39 is 31.1 Å². The standard InChI is InChI=1S/C13H16N6O4/c1-18-11-7-5(10(14)17-18)2-19(12(7)16-4-15-11)13-9(22)8(21)6(3-20)23-13/h2,4,6,8-9,13,20-22H,3H2,1H3,(H2,14,17)/t6-,8?,9-,13-/m1/s1. The average Bonchev–Trinajstić information content (AvgIpc) is 3.05. The molecule has 1 fully saturated rings. The lowest BCUT2D eigenvalue weighted by atomic mass is 10.1. The van der Waals surface area contributed by atoms with Crippen LogP contribution in [0.5, 0.6) is 0 Å². The van der Waals surface area contributed by atoms with Crippen LogP contribution in [0.15, 0.2) is 17.6 Å². The quantitative estimate of drug-likeness (QED) is 0.503. The third kappa shape index (κ3) is 1.86. The van der Waals surface area contributed by atoms with E-state index in [1.54, 1.807) is 22.8 Å². The third-order valence-electron chi connectivity index (χ3n) is 4.22. The molecule has 23 heavy (non-hydrogen) atoms. The number of anilines is 1. The first-order valence-corrected chi connectivity index (χ1v) is 7.09. The summed E-state index contributed by atoms with van der Waals surface area (Å²) in [6.07, 6.45) is -1.10. The van der Waals surface area contributed by atoms with E-state index in [9.17, 15) is 15.3 Å². The molecule has 4 rings (SSSR count). The summed E-state index contributed by atoms with van der Waals surface area (Å²) in [5, 5.41) is 35.9. The van der Waals surface area contributed by atoms with Crippen molar-refractivity contribution in [1.82, 2.24) is 14.5 Å². The van der Waals surface area contributed by atoms with E-state index in [0.717, 1.165) is 0 Å². The second-order valence-electron chi connectivity index (χ2n) is 5.58. The molecular formula is C13H16N6O4. The molecule has 0 bridgehead atoms. The molecule has 2 aliphatic heterocycles. The van der Waals surface area contributed by atoms with E-state index in [-0.39, 0.29) is 0 Å². The average molecular weight is 320 g/mol. The van der Waals surface area contributed by atoms with Gasteiger partial charge < -0.3 is 30.4 Å². The summed E-state index contributed by atoms with van der Waals surface area (Å²) in [7, 11) is 1.72. The molecular weight excluding hydrogens is 304 g/mol. The Kier molecular flexibility index (Phi) is 3.03. The highest BCUT2D eigenvalue weighted by molar-refractivity contribution is 6.13. The predicted octanol–water partition coefficient (Wildman–Crippen LogP) is -1.89. The molecule has 4 heterocycles. The zero-order valence-corrected chi connectivity index (χ0v) is 12.2. The summed E-state index contributed by atoms with van der Waals surface area (Å²) in [6, 6.07) is 0. The fraction of sp³-hybridized carbons (Fsp3) is 0.462. The van der Waals surface area contributed by atoms with Crippen LogP contribution in [0.3, 0.4) is 0 Å². The zero-order chi connectivity index (χ0) is 16.3. The Morgan fingerprint density at radius 1 is 1.30 bits per heavy atom. The number of nitrogens with zero attached hydrogens (tertiary/aromatic N) is 5. The Labute approximate surface area is 130 Å². The van der Waals surface area contributed by atoms with Crippen molar-refractivity contribution in [2.45, 2.75) is 24.5 Å². The Hall–Kier alpha value is -2.27. The van der Waals surface area contributed by atoms with Crippen LogP contribution in [-0.4, -0.2) is 67.7 Å². The van der Waals surface area contributed by atoms with Gasteiger partial charge in [0.15, 0.2) is 17.9 Å². The molecule has 0 aliphatic carbocycles. The van der Waals surface area contributed by atoms with Crippen molar-refractivity contribution in [2.24, 2.45) is 10.8 Å². The summed E-state index contributed by atoms with van der Waals surface area (Å²) >= 11 is 0. The fourth-order valence-electron chi connectivity index (χ4n) is 3.07. The van der Waals surface area contributed by atoms with Crippen molar-refractivity contribution in [3.8, 4) is 0 Å². The highest BCUT2D eigenvalue weighted by atomic mass is 16.6. The Bertz CT molecular complexity index is 805. The molecule has 2 aliphatic rings. The Balaban J connectivity index is 1.89. The highest BCUT2D eigenvalue weighted by Gasteiger charge is 2.44. The summed E-state index contributed by atoms with van der Waals surface area (Å²) in [5.74, 6) is 0.884. The molecule has 4 atom stereocenters. The summed E-state index contributed by atoms with van der Waals surface area (Å²) in [4.78, 5) is 8.45. The van der Waals surface area contributed by atoms with Gasteiger partial charge in [0.2, 0.25) is 0 Å². The van der Waals surface area contributed by atoms with Crippen LogP contribution in [0.25, 0.3) is 11.0 Å².